The second-order valence-corrected chi connectivity index (χ2v) is 9.90. The van der Waals surface area contributed by atoms with Gasteiger partial charge in [-0.25, -0.2) is 0 Å². The van der Waals surface area contributed by atoms with Gasteiger partial charge < -0.3 is 19.1 Å². The zero-order valence-electron chi connectivity index (χ0n) is 19.5. The van der Waals surface area contributed by atoms with E-state index in [0.29, 0.717) is 0 Å². The van der Waals surface area contributed by atoms with Crippen LogP contribution in [-0.2, 0) is 14.7 Å². The average molecular weight is 465 g/mol. The second-order valence-electron chi connectivity index (χ2n) is 9.90. The number of aromatic nitrogens is 2. The number of hydrogen-bond donors (Lipinski definition) is 1. The van der Waals surface area contributed by atoms with Gasteiger partial charge in [0.1, 0.15) is 5.41 Å². The topological polar surface area (TPSA) is 86.5 Å². The first-order chi connectivity index (χ1) is 15.2. The van der Waals surface area contributed by atoms with E-state index in [4.69, 9.17) is 13.8 Å². The van der Waals surface area contributed by atoms with Gasteiger partial charge in [-0.2, -0.15) is 18.2 Å². The highest BCUT2D eigenvalue weighted by Crippen LogP contribution is 2.58. The predicted octanol–water partition coefficient (Wildman–Crippen LogP) is 3.76. The van der Waals surface area contributed by atoms with Gasteiger partial charge in [0, 0.05) is 0 Å². The second kappa shape index (κ2) is 7.56. The summed E-state index contributed by atoms with van der Waals surface area (Å²) in [7, 11) is -0.506. The van der Waals surface area contributed by atoms with Gasteiger partial charge in [0.25, 0.3) is 11.7 Å². The Morgan fingerprint density at radius 1 is 1.15 bits per heavy atom. The Hall–Kier alpha value is -2.40. The van der Waals surface area contributed by atoms with Gasteiger partial charge in [-0.1, -0.05) is 23.4 Å². The van der Waals surface area contributed by atoms with Crippen molar-refractivity contribution in [1.82, 2.24) is 15.5 Å². The molecule has 1 saturated carbocycles. The fraction of sp³-hybridized carbons (Fsp3) is 0.591. The number of carbonyl (C=O) groups is 1. The Labute approximate surface area is 190 Å². The summed E-state index contributed by atoms with van der Waals surface area (Å²) in [6, 6.07) is 5.24. The van der Waals surface area contributed by atoms with E-state index in [0.717, 1.165) is 16.6 Å². The van der Waals surface area contributed by atoms with Crippen LogP contribution in [0.1, 0.15) is 81.1 Å². The molecule has 0 radical (unpaired) electrons. The molecule has 1 aromatic heterocycles. The van der Waals surface area contributed by atoms with Gasteiger partial charge in [-0.15, -0.1) is 0 Å². The van der Waals surface area contributed by atoms with Crippen molar-refractivity contribution >= 4 is 18.5 Å². The summed E-state index contributed by atoms with van der Waals surface area (Å²) < 4.78 is 56.7. The monoisotopic (exact) mass is 465 g/mol. The smallest absolute Gasteiger partial charge is 0.399 e. The third kappa shape index (κ3) is 4.05. The van der Waals surface area contributed by atoms with Crippen LogP contribution < -0.4 is 10.8 Å². The highest BCUT2D eigenvalue weighted by molar-refractivity contribution is 6.62. The molecule has 11 heteroatoms. The number of alkyl halides is 3. The fourth-order valence-electron chi connectivity index (χ4n) is 3.90. The van der Waals surface area contributed by atoms with Gasteiger partial charge in [-0.3, -0.25) is 4.79 Å². The molecule has 7 nitrogen and oxygen atoms in total. The fourth-order valence-corrected chi connectivity index (χ4v) is 3.90. The molecule has 1 amide bonds. The molecule has 1 aliphatic carbocycles. The first kappa shape index (κ1) is 23.8. The van der Waals surface area contributed by atoms with E-state index in [1.807, 2.05) is 52.8 Å². The standard InChI is InChI=1S/C22H27BF3N3O4/c1-12-11-14(23-32-19(3,4)20(5,6)33-23)7-8-15(12)13(2)27-17(30)16-28-18(31-29-16)21(9-10-21)22(24,25)26/h7-8,11,13H,9-10H2,1-6H3,(H,27,30)/t13-/m1/s1. The molecule has 4 rings (SSSR count). The lowest BCUT2D eigenvalue weighted by Gasteiger charge is -2.32. The lowest BCUT2D eigenvalue weighted by Crippen LogP contribution is -2.41. The molecule has 1 N–H and O–H groups in total. The van der Waals surface area contributed by atoms with E-state index in [1.54, 1.807) is 6.92 Å². The highest BCUT2D eigenvalue weighted by atomic mass is 19.4. The zero-order valence-corrected chi connectivity index (χ0v) is 19.5. The Kier molecular flexibility index (Phi) is 5.44. The number of carbonyl (C=O) groups excluding carboxylic acids is 1. The van der Waals surface area contributed by atoms with Crippen LogP contribution in [0, 0.1) is 6.92 Å². The Morgan fingerprint density at radius 2 is 1.76 bits per heavy atom. The van der Waals surface area contributed by atoms with Crippen molar-refractivity contribution in [2.24, 2.45) is 0 Å². The third-order valence-electron chi connectivity index (χ3n) is 6.96. The molecule has 1 saturated heterocycles. The number of amides is 1. The minimum Gasteiger partial charge on any atom is -0.399 e. The lowest BCUT2D eigenvalue weighted by atomic mass is 9.77. The number of benzene rings is 1. The molecule has 1 atom stereocenters. The van der Waals surface area contributed by atoms with Crippen LogP contribution >= 0.6 is 0 Å². The van der Waals surface area contributed by atoms with Crippen molar-refractivity contribution in [1.29, 1.82) is 0 Å². The van der Waals surface area contributed by atoms with E-state index < -0.39 is 53.6 Å². The van der Waals surface area contributed by atoms with E-state index in [2.05, 4.69) is 15.5 Å². The average Bonchev–Trinajstić information content (AvgIpc) is 3.31. The molecule has 2 aliphatic rings. The van der Waals surface area contributed by atoms with Crippen molar-refractivity contribution in [3.63, 3.8) is 0 Å². The summed E-state index contributed by atoms with van der Waals surface area (Å²) in [4.78, 5) is 16.3. The van der Waals surface area contributed by atoms with Crippen molar-refractivity contribution in [2.75, 3.05) is 0 Å². The summed E-state index contributed by atoms with van der Waals surface area (Å²) in [5.41, 5.74) is -0.443. The minimum atomic E-state index is -4.49. The Bertz CT molecular complexity index is 1060. The van der Waals surface area contributed by atoms with E-state index >= 15 is 0 Å². The molecule has 1 aliphatic heterocycles. The third-order valence-corrected chi connectivity index (χ3v) is 6.96. The maximum atomic E-state index is 13.3. The number of aryl methyl sites for hydroxylation is 1. The summed E-state index contributed by atoms with van der Waals surface area (Å²) in [6.45, 7) is 11.6. The molecule has 1 aromatic carbocycles. The Morgan fingerprint density at radius 3 is 2.27 bits per heavy atom. The highest BCUT2D eigenvalue weighted by Gasteiger charge is 2.68. The molecule has 0 unspecified atom stereocenters. The number of halogens is 3. The number of nitrogens with one attached hydrogen (secondary N) is 1. The molecular formula is C22H27BF3N3O4. The normalized spacial score (nSPS) is 21.7. The molecule has 0 spiro atoms. The van der Waals surface area contributed by atoms with Gasteiger partial charge in [0.2, 0.25) is 5.89 Å². The van der Waals surface area contributed by atoms with Crippen molar-refractivity contribution in [3.8, 4) is 0 Å². The van der Waals surface area contributed by atoms with Gasteiger partial charge >= 0.3 is 13.3 Å². The van der Waals surface area contributed by atoms with Crippen molar-refractivity contribution < 1.29 is 31.8 Å². The summed E-state index contributed by atoms with van der Waals surface area (Å²) in [6.07, 6.45) is -4.73. The molecule has 33 heavy (non-hydrogen) atoms. The Balaban J connectivity index is 1.45. The molecule has 0 bridgehead atoms. The molecular weight excluding hydrogens is 438 g/mol. The van der Waals surface area contributed by atoms with Gasteiger partial charge in [0.05, 0.1) is 17.2 Å². The molecule has 178 valence electrons. The van der Waals surface area contributed by atoms with Gasteiger partial charge in [0.15, 0.2) is 0 Å². The molecule has 2 aromatic rings. The van der Waals surface area contributed by atoms with Crippen LogP contribution in [0.2, 0.25) is 0 Å². The van der Waals surface area contributed by atoms with Gasteiger partial charge in [-0.05, 0) is 71.0 Å². The first-order valence-corrected chi connectivity index (χ1v) is 10.8. The number of rotatable bonds is 5. The largest absolute Gasteiger partial charge is 0.494 e. The molecule has 2 fully saturated rings. The van der Waals surface area contributed by atoms with E-state index in [1.165, 1.54) is 0 Å². The summed E-state index contributed by atoms with van der Waals surface area (Å²) in [5.74, 6) is -1.68. The van der Waals surface area contributed by atoms with Crippen LogP contribution in [0.15, 0.2) is 22.7 Å². The van der Waals surface area contributed by atoms with Crippen LogP contribution in [0.5, 0.6) is 0 Å². The number of hydrogen-bond acceptors (Lipinski definition) is 6. The van der Waals surface area contributed by atoms with E-state index in [-0.39, 0.29) is 12.8 Å². The maximum Gasteiger partial charge on any atom is 0.494 e. The van der Waals surface area contributed by atoms with Crippen LogP contribution in [0.4, 0.5) is 13.2 Å². The van der Waals surface area contributed by atoms with E-state index in [9.17, 15) is 18.0 Å². The lowest BCUT2D eigenvalue weighted by molar-refractivity contribution is -0.166. The zero-order chi connectivity index (χ0) is 24.4. The number of nitrogens with zero attached hydrogens (tertiary/aromatic N) is 2. The predicted molar refractivity (Wildman–Crippen MR) is 114 cm³/mol. The van der Waals surface area contributed by atoms with Crippen LogP contribution in [0.3, 0.4) is 0 Å². The van der Waals surface area contributed by atoms with Crippen LogP contribution in [0.25, 0.3) is 0 Å². The van der Waals surface area contributed by atoms with Crippen molar-refractivity contribution in [2.45, 2.75) is 83.2 Å². The van der Waals surface area contributed by atoms with Crippen molar-refractivity contribution in [3.05, 3.63) is 41.0 Å². The SMILES string of the molecule is Cc1cc(B2OC(C)(C)C(C)(C)O2)ccc1[C@@H](C)NC(=O)c1noc(C2(C(F)(F)F)CC2)n1. The molecule has 2 heterocycles. The maximum absolute atomic E-state index is 13.3. The quantitative estimate of drug-likeness (QED) is 0.677. The summed E-state index contributed by atoms with van der Waals surface area (Å²) in [5, 5.41) is 6.19. The van der Waals surface area contributed by atoms with Crippen LogP contribution in [-0.4, -0.2) is 40.5 Å². The summed E-state index contributed by atoms with van der Waals surface area (Å²) >= 11 is 0. The first-order valence-electron chi connectivity index (χ1n) is 10.8. The minimum absolute atomic E-state index is 0.121.